The van der Waals surface area contributed by atoms with Crippen LogP contribution < -0.4 is 10.5 Å². The Morgan fingerprint density at radius 2 is 1.81 bits per heavy atom. The fraction of sp³-hybridized carbons (Fsp3) is 0.133. The Morgan fingerprint density at radius 3 is 2.48 bits per heavy atom. The highest BCUT2D eigenvalue weighted by atomic mass is 16.5. The molecule has 2 rings (SSSR count). The van der Waals surface area contributed by atoms with Gasteiger partial charge in [-0.05, 0) is 18.2 Å². The van der Waals surface area contributed by atoms with E-state index < -0.39 is 11.9 Å². The molecule has 1 aromatic heterocycles. The molecule has 0 saturated carbocycles. The number of amides is 1. The molecule has 1 amide bonds. The highest BCUT2D eigenvalue weighted by molar-refractivity contribution is 6.08. The van der Waals surface area contributed by atoms with Crippen molar-refractivity contribution in [3.63, 3.8) is 0 Å². The first-order valence-corrected chi connectivity index (χ1v) is 6.19. The molecule has 108 valence electrons. The van der Waals surface area contributed by atoms with E-state index in [9.17, 15) is 14.4 Å². The molecule has 0 spiro atoms. The first kappa shape index (κ1) is 14.5. The maximum absolute atomic E-state index is 12.4. The Hall–Kier alpha value is -2.89. The number of esters is 1. The molecule has 0 aliphatic rings. The summed E-state index contributed by atoms with van der Waals surface area (Å²) in [4.78, 5) is 39.1. The fourth-order valence-electron chi connectivity index (χ4n) is 1.91. The normalized spacial score (nSPS) is 10.0. The van der Waals surface area contributed by atoms with Gasteiger partial charge in [0.05, 0.1) is 18.4 Å². The van der Waals surface area contributed by atoms with Crippen molar-refractivity contribution < 1.29 is 14.3 Å². The summed E-state index contributed by atoms with van der Waals surface area (Å²) in [5, 5.41) is 0. The topological polar surface area (TPSA) is 79.5 Å². The lowest BCUT2D eigenvalue weighted by Gasteiger charge is -2.19. The number of methoxy groups -OCH3 is 1. The number of pyridine rings is 1. The molecule has 21 heavy (non-hydrogen) atoms. The number of hydrogen-bond acceptors (Lipinski definition) is 4. The van der Waals surface area contributed by atoms with Gasteiger partial charge in [-0.25, -0.2) is 4.79 Å². The summed E-state index contributed by atoms with van der Waals surface area (Å²) in [6, 6.07) is 10.9. The van der Waals surface area contributed by atoms with Crippen LogP contribution in [0, 0.1) is 0 Å². The summed E-state index contributed by atoms with van der Waals surface area (Å²) in [5.74, 6) is -0.962. The number of nitrogens with one attached hydrogen (secondary N) is 1. The van der Waals surface area contributed by atoms with Crippen molar-refractivity contribution in [1.29, 1.82) is 0 Å². The van der Waals surface area contributed by atoms with Gasteiger partial charge in [-0.2, -0.15) is 0 Å². The largest absolute Gasteiger partial charge is 0.465 e. The average molecular weight is 286 g/mol. The van der Waals surface area contributed by atoms with Crippen LogP contribution in [0.15, 0.2) is 47.3 Å². The van der Waals surface area contributed by atoms with Gasteiger partial charge in [-0.1, -0.05) is 18.2 Å². The standard InChI is InChI=1S/C15H14N2O4/c1-17(14(19)11-7-5-9-13(18)16-11)12-8-4-3-6-10(12)15(20)21-2/h3-9H,1-2H3,(H,16,18). The van der Waals surface area contributed by atoms with E-state index in [-0.39, 0.29) is 16.8 Å². The van der Waals surface area contributed by atoms with Gasteiger partial charge in [0.2, 0.25) is 5.56 Å². The monoisotopic (exact) mass is 286 g/mol. The zero-order chi connectivity index (χ0) is 15.4. The smallest absolute Gasteiger partial charge is 0.339 e. The Morgan fingerprint density at radius 1 is 1.10 bits per heavy atom. The molecule has 0 aliphatic carbocycles. The molecular weight excluding hydrogens is 272 g/mol. The first-order valence-electron chi connectivity index (χ1n) is 6.19. The molecule has 6 heteroatoms. The number of carbonyl (C=O) groups excluding carboxylic acids is 2. The number of nitrogens with zero attached hydrogens (tertiary/aromatic N) is 1. The molecule has 1 aromatic carbocycles. The molecule has 0 atom stereocenters. The van der Waals surface area contributed by atoms with Crippen LogP contribution >= 0.6 is 0 Å². The lowest BCUT2D eigenvalue weighted by Crippen LogP contribution is -2.30. The third kappa shape index (κ3) is 3.00. The van der Waals surface area contributed by atoms with E-state index in [1.807, 2.05) is 0 Å². The zero-order valence-corrected chi connectivity index (χ0v) is 11.6. The Bertz CT molecular complexity index is 736. The molecule has 0 aliphatic heterocycles. The number of anilines is 1. The summed E-state index contributed by atoms with van der Waals surface area (Å²) >= 11 is 0. The summed E-state index contributed by atoms with van der Waals surface area (Å²) in [5.41, 5.74) is 0.452. The second-order valence-corrected chi connectivity index (χ2v) is 4.30. The fourth-order valence-corrected chi connectivity index (χ4v) is 1.91. The summed E-state index contributed by atoms with van der Waals surface area (Å²) < 4.78 is 4.70. The van der Waals surface area contributed by atoms with E-state index in [0.29, 0.717) is 5.69 Å². The predicted octanol–water partition coefficient (Wildman–Crippen LogP) is 1.44. The van der Waals surface area contributed by atoms with E-state index in [1.54, 1.807) is 24.3 Å². The quantitative estimate of drug-likeness (QED) is 0.866. The molecule has 0 saturated heterocycles. The van der Waals surface area contributed by atoms with Crippen molar-refractivity contribution in [3.05, 3.63) is 64.1 Å². The predicted molar refractivity (Wildman–Crippen MR) is 77.6 cm³/mol. The van der Waals surface area contributed by atoms with Crippen LogP contribution in [-0.2, 0) is 4.74 Å². The molecular formula is C15H14N2O4. The summed E-state index contributed by atoms with van der Waals surface area (Å²) in [6.07, 6.45) is 0. The van der Waals surface area contributed by atoms with Crippen LogP contribution in [0.25, 0.3) is 0 Å². The van der Waals surface area contributed by atoms with Gasteiger partial charge in [0, 0.05) is 13.1 Å². The number of carbonyl (C=O) groups is 2. The Kier molecular flexibility index (Phi) is 4.18. The highest BCUT2D eigenvalue weighted by Crippen LogP contribution is 2.21. The third-order valence-electron chi connectivity index (χ3n) is 2.97. The number of aromatic nitrogens is 1. The maximum Gasteiger partial charge on any atom is 0.339 e. The van der Waals surface area contributed by atoms with Crippen molar-refractivity contribution in [2.24, 2.45) is 0 Å². The number of aromatic amines is 1. The molecule has 0 unspecified atom stereocenters. The van der Waals surface area contributed by atoms with E-state index >= 15 is 0 Å². The Labute approximate surface area is 121 Å². The number of benzene rings is 1. The van der Waals surface area contributed by atoms with Gasteiger partial charge < -0.3 is 14.6 Å². The van der Waals surface area contributed by atoms with Gasteiger partial charge in [0.1, 0.15) is 5.69 Å². The first-order chi connectivity index (χ1) is 10.0. The Balaban J connectivity index is 2.41. The third-order valence-corrected chi connectivity index (χ3v) is 2.97. The molecule has 1 heterocycles. The van der Waals surface area contributed by atoms with E-state index in [0.717, 1.165) is 0 Å². The highest BCUT2D eigenvalue weighted by Gasteiger charge is 2.20. The number of hydrogen-bond donors (Lipinski definition) is 1. The molecule has 1 N–H and O–H groups in total. The lowest BCUT2D eigenvalue weighted by atomic mass is 10.1. The second kappa shape index (κ2) is 6.04. The molecule has 0 bridgehead atoms. The number of ether oxygens (including phenoxy) is 1. The molecule has 6 nitrogen and oxygen atoms in total. The van der Waals surface area contributed by atoms with E-state index in [4.69, 9.17) is 4.74 Å². The lowest BCUT2D eigenvalue weighted by molar-refractivity contribution is 0.0601. The van der Waals surface area contributed by atoms with Gasteiger partial charge in [0.25, 0.3) is 5.91 Å². The van der Waals surface area contributed by atoms with Gasteiger partial charge >= 0.3 is 5.97 Å². The number of para-hydroxylation sites is 1. The van der Waals surface area contributed by atoms with Crippen molar-refractivity contribution in [2.75, 3.05) is 19.1 Å². The summed E-state index contributed by atoms with van der Waals surface area (Å²) in [6.45, 7) is 0. The minimum atomic E-state index is -0.535. The van der Waals surface area contributed by atoms with Crippen molar-refractivity contribution in [3.8, 4) is 0 Å². The van der Waals surface area contributed by atoms with Crippen LogP contribution in [0.4, 0.5) is 5.69 Å². The average Bonchev–Trinajstić information content (AvgIpc) is 2.52. The van der Waals surface area contributed by atoms with Crippen molar-refractivity contribution in [1.82, 2.24) is 4.98 Å². The SMILES string of the molecule is COC(=O)c1ccccc1N(C)C(=O)c1cccc(=O)[nH]1. The van der Waals surface area contributed by atoms with Crippen LogP contribution in [-0.4, -0.2) is 31.0 Å². The molecule has 2 aromatic rings. The molecule has 0 fully saturated rings. The van der Waals surface area contributed by atoms with Gasteiger partial charge in [0.15, 0.2) is 0 Å². The van der Waals surface area contributed by atoms with Crippen molar-refractivity contribution >= 4 is 17.6 Å². The van der Waals surface area contributed by atoms with E-state index in [2.05, 4.69) is 4.98 Å². The van der Waals surface area contributed by atoms with Crippen LogP contribution in [0.3, 0.4) is 0 Å². The van der Waals surface area contributed by atoms with E-state index in [1.165, 1.54) is 37.3 Å². The van der Waals surface area contributed by atoms with Crippen LogP contribution in [0.5, 0.6) is 0 Å². The zero-order valence-electron chi connectivity index (χ0n) is 11.6. The number of H-pyrrole nitrogens is 1. The number of rotatable bonds is 3. The minimum absolute atomic E-state index is 0.143. The summed E-state index contributed by atoms with van der Waals surface area (Å²) in [7, 11) is 2.80. The van der Waals surface area contributed by atoms with Crippen molar-refractivity contribution in [2.45, 2.75) is 0 Å². The van der Waals surface area contributed by atoms with Crippen LogP contribution in [0.1, 0.15) is 20.8 Å². The maximum atomic E-state index is 12.4. The van der Waals surface area contributed by atoms with Crippen LogP contribution in [0.2, 0.25) is 0 Å². The minimum Gasteiger partial charge on any atom is -0.465 e. The van der Waals surface area contributed by atoms with Gasteiger partial charge in [-0.3, -0.25) is 9.59 Å². The van der Waals surface area contributed by atoms with Gasteiger partial charge in [-0.15, -0.1) is 0 Å². The second-order valence-electron chi connectivity index (χ2n) is 4.30. The molecule has 0 radical (unpaired) electrons.